The maximum absolute atomic E-state index is 13.8. The second-order valence-electron chi connectivity index (χ2n) is 11.5. The molecule has 2 aliphatic heterocycles. The molecule has 2 saturated heterocycles. The Morgan fingerprint density at radius 1 is 0.935 bits per heavy atom. The molecule has 0 bridgehead atoms. The van der Waals surface area contributed by atoms with Crippen molar-refractivity contribution in [3.8, 4) is 0 Å². The molecule has 1 N–H and O–H groups in total. The van der Waals surface area contributed by atoms with Crippen molar-refractivity contribution in [2.24, 2.45) is 13.0 Å². The number of amides is 1. The average Bonchev–Trinajstić information content (AvgIpc) is 3.40. The molecule has 2 aliphatic rings. The van der Waals surface area contributed by atoms with E-state index in [0.29, 0.717) is 30.8 Å². The van der Waals surface area contributed by atoms with Crippen LogP contribution in [0.4, 0.5) is 5.82 Å². The molecule has 2 aromatic carbocycles. The van der Waals surface area contributed by atoms with Crippen LogP contribution in [0.1, 0.15) is 12.8 Å². The van der Waals surface area contributed by atoms with E-state index in [1.54, 1.807) is 36.2 Å². The highest BCUT2D eigenvalue weighted by Crippen LogP contribution is 2.33. The lowest BCUT2D eigenvalue weighted by molar-refractivity contribution is -0.139. The molecule has 4 aromatic rings. The number of aliphatic hydroxyl groups excluding tert-OH is 1. The van der Waals surface area contributed by atoms with Crippen molar-refractivity contribution in [2.75, 3.05) is 44.2 Å². The number of nitrogens with zero attached hydrogens (tertiary/aromatic N) is 6. The monoisotopic (exact) mass is 688 g/mol. The fourth-order valence-corrected chi connectivity index (χ4v) is 9.21. The summed E-state index contributed by atoms with van der Waals surface area (Å²) >= 11 is 6.35. The zero-order valence-electron chi connectivity index (χ0n) is 24.9. The number of piperidine rings is 1. The van der Waals surface area contributed by atoms with Crippen molar-refractivity contribution in [3.63, 3.8) is 0 Å². The van der Waals surface area contributed by atoms with Crippen molar-refractivity contribution < 1.29 is 26.7 Å². The number of aliphatic hydroxyl groups is 1. The number of piperazine rings is 1. The summed E-state index contributed by atoms with van der Waals surface area (Å²) in [4.78, 5) is 28.5. The molecule has 0 radical (unpaired) electrons. The van der Waals surface area contributed by atoms with Gasteiger partial charge in [0.2, 0.25) is 15.9 Å². The molecule has 1 amide bonds. The molecule has 4 heterocycles. The van der Waals surface area contributed by atoms with Crippen LogP contribution >= 0.6 is 11.6 Å². The number of hydrogen-bond acceptors (Lipinski definition) is 9. The number of hydrogen-bond donors (Lipinski definition) is 1. The number of anilines is 1. The van der Waals surface area contributed by atoms with E-state index in [4.69, 9.17) is 11.6 Å². The molecule has 0 spiro atoms. The Hall–Kier alpha value is -3.76. The third-order valence-electron chi connectivity index (χ3n) is 8.67. The maximum atomic E-state index is 13.8. The number of sulfonamides is 1. The van der Waals surface area contributed by atoms with Crippen LogP contribution in [0, 0.1) is 5.92 Å². The first-order valence-electron chi connectivity index (χ1n) is 14.7. The topological polar surface area (TPSA) is 155 Å². The number of carbonyl (C=O) groups excluding carboxylic acids is 1. The summed E-state index contributed by atoms with van der Waals surface area (Å²) in [5.41, 5.74) is -0.109. The number of rotatable bonds is 8. The number of halogens is 1. The lowest BCUT2D eigenvalue weighted by Gasteiger charge is -2.42. The number of fused-ring (bicyclic) bond motifs is 1. The normalized spacial score (nSPS) is 18.8. The summed E-state index contributed by atoms with van der Waals surface area (Å²) in [6.07, 6.45) is 2.74. The van der Waals surface area contributed by atoms with Crippen molar-refractivity contribution >= 4 is 54.3 Å². The van der Waals surface area contributed by atoms with Crippen LogP contribution in [0.15, 0.2) is 81.4 Å². The van der Waals surface area contributed by atoms with Gasteiger partial charge in [-0.25, -0.2) is 25.5 Å². The molecule has 1 unspecified atom stereocenters. The smallest absolute Gasteiger partial charge is 0.268 e. The molecular formula is C30H33ClN6O7S2. The fraction of sp³-hybridized carbons (Fsp3) is 0.367. The van der Waals surface area contributed by atoms with Gasteiger partial charge < -0.3 is 14.9 Å². The van der Waals surface area contributed by atoms with E-state index in [0.717, 1.165) is 21.1 Å². The summed E-state index contributed by atoms with van der Waals surface area (Å²) in [6.45, 7) is 0.773. The van der Waals surface area contributed by atoms with Crippen molar-refractivity contribution in [3.05, 3.63) is 82.2 Å². The Labute approximate surface area is 271 Å². The SMILES string of the molecule is Cn1nc(N2CCC(CN3C(=O)CN(S(=O)(=O)c4ccc5c(Cl)cn(S(=O)(=O)c6ccccc6)c5c4)CC3CO)CC2)ccc1=O. The number of aryl methyl sites for hydroxylation is 1. The zero-order chi connectivity index (χ0) is 32.8. The molecular weight excluding hydrogens is 656 g/mol. The Balaban J connectivity index is 1.18. The minimum absolute atomic E-state index is 0.0127. The van der Waals surface area contributed by atoms with Gasteiger partial charge in [-0.05, 0) is 55.2 Å². The van der Waals surface area contributed by atoms with Gasteiger partial charge >= 0.3 is 0 Å². The molecule has 0 aliphatic carbocycles. The summed E-state index contributed by atoms with van der Waals surface area (Å²) in [7, 11) is -6.75. The lowest BCUT2D eigenvalue weighted by Crippen LogP contribution is -2.60. The van der Waals surface area contributed by atoms with Gasteiger partial charge in [-0.1, -0.05) is 29.8 Å². The van der Waals surface area contributed by atoms with E-state index in [1.165, 1.54) is 47.3 Å². The van der Waals surface area contributed by atoms with Gasteiger partial charge in [0, 0.05) is 50.9 Å². The predicted molar refractivity (Wildman–Crippen MR) is 172 cm³/mol. The van der Waals surface area contributed by atoms with Crippen LogP contribution in [0.5, 0.6) is 0 Å². The van der Waals surface area contributed by atoms with E-state index in [-0.39, 0.29) is 38.4 Å². The van der Waals surface area contributed by atoms with E-state index < -0.39 is 45.1 Å². The predicted octanol–water partition coefficient (Wildman–Crippen LogP) is 1.74. The lowest BCUT2D eigenvalue weighted by atomic mass is 9.95. The van der Waals surface area contributed by atoms with Gasteiger partial charge in [0.1, 0.15) is 5.82 Å². The molecule has 16 heteroatoms. The average molecular weight is 689 g/mol. The van der Waals surface area contributed by atoms with Crippen LogP contribution in [-0.2, 0) is 31.9 Å². The molecule has 46 heavy (non-hydrogen) atoms. The van der Waals surface area contributed by atoms with Crippen LogP contribution in [0.25, 0.3) is 10.9 Å². The Morgan fingerprint density at radius 2 is 1.65 bits per heavy atom. The van der Waals surface area contributed by atoms with Crippen LogP contribution in [0.3, 0.4) is 0 Å². The van der Waals surface area contributed by atoms with Gasteiger partial charge in [0.05, 0.1) is 39.5 Å². The first kappa shape index (κ1) is 32.2. The van der Waals surface area contributed by atoms with Crippen LogP contribution in [-0.4, -0.2) is 96.2 Å². The van der Waals surface area contributed by atoms with Crippen molar-refractivity contribution in [1.29, 1.82) is 0 Å². The molecule has 0 saturated carbocycles. The Kier molecular flexibility index (Phi) is 8.71. The van der Waals surface area contributed by atoms with Gasteiger partial charge in [-0.3, -0.25) is 9.59 Å². The second-order valence-corrected chi connectivity index (χ2v) is 15.7. The van der Waals surface area contributed by atoms with Gasteiger partial charge in [0.15, 0.2) is 0 Å². The molecule has 1 atom stereocenters. The number of benzene rings is 2. The highest BCUT2D eigenvalue weighted by Gasteiger charge is 2.40. The number of aromatic nitrogens is 3. The van der Waals surface area contributed by atoms with Crippen molar-refractivity contribution in [1.82, 2.24) is 23.0 Å². The summed E-state index contributed by atoms with van der Waals surface area (Å²) in [5, 5.41) is 15.0. The van der Waals surface area contributed by atoms with Gasteiger partial charge in [-0.15, -0.1) is 0 Å². The van der Waals surface area contributed by atoms with Crippen molar-refractivity contribution in [2.45, 2.75) is 28.7 Å². The molecule has 244 valence electrons. The fourth-order valence-electron chi connectivity index (χ4n) is 6.07. The van der Waals surface area contributed by atoms with E-state index in [1.807, 2.05) is 0 Å². The first-order chi connectivity index (χ1) is 21.9. The molecule has 13 nitrogen and oxygen atoms in total. The van der Waals surface area contributed by atoms with E-state index in [9.17, 15) is 31.5 Å². The summed E-state index contributed by atoms with van der Waals surface area (Å²) < 4.78 is 57.8. The maximum Gasteiger partial charge on any atom is 0.268 e. The largest absolute Gasteiger partial charge is 0.394 e. The molecule has 2 aromatic heterocycles. The summed E-state index contributed by atoms with van der Waals surface area (Å²) in [6, 6.07) is 14.2. The van der Waals surface area contributed by atoms with Crippen LogP contribution in [0.2, 0.25) is 5.02 Å². The quantitative estimate of drug-likeness (QED) is 0.292. The Bertz CT molecular complexity index is 2060. The molecule has 6 rings (SSSR count). The molecule has 2 fully saturated rings. The van der Waals surface area contributed by atoms with Gasteiger partial charge in [-0.2, -0.15) is 9.40 Å². The first-order valence-corrected chi connectivity index (χ1v) is 18.0. The van der Waals surface area contributed by atoms with Crippen LogP contribution < -0.4 is 10.5 Å². The van der Waals surface area contributed by atoms with E-state index in [2.05, 4.69) is 10.00 Å². The summed E-state index contributed by atoms with van der Waals surface area (Å²) in [5.74, 6) is 0.417. The minimum atomic E-state index is -4.26. The third kappa shape index (κ3) is 5.93. The standard InChI is InChI=1S/C30H33ClN6O7S2/c1-33-29(39)10-9-28(32-33)34-13-11-21(12-14-34)16-36-22(20-38)17-35(19-30(36)40)45(41,42)24-7-8-25-26(31)18-37(27(25)15-24)46(43,44)23-5-3-2-4-6-23/h2-10,15,18,21-22,38H,11-14,16-17,19-20H2,1H3. The third-order valence-corrected chi connectivity index (χ3v) is 12.5. The highest BCUT2D eigenvalue weighted by molar-refractivity contribution is 7.90. The number of carbonyl (C=O) groups is 1. The van der Waals surface area contributed by atoms with E-state index >= 15 is 0 Å². The highest BCUT2D eigenvalue weighted by atomic mass is 35.5. The zero-order valence-corrected chi connectivity index (χ0v) is 27.3. The Morgan fingerprint density at radius 3 is 2.33 bits per heavy atom. The minimum Gasteiger partial charge on any atom is -0.394 e. The van der Waals surface area contributed by atoms with Gasteiger partial charge in [0.25, 0.3) is 15.6 Å². The second kappa shape index (κ2) is 12.4.